The van der Waals surface area contributed by atoms with Gasteiger partial charge in [0.25, 0.3) is 0 Å². The topological polar surface area (TPSA) is 19.4 Å². The Kier molecular flexibility index (Phi) is 63.4. The number of rotatable bonds is 48. The first kappa shape index (κ1) is 126. The molecule has 0 aliphatic rings. The van der Waals surface area contributed by atoms with Gasteiger partial charge in [0.05, 0.1) is 0 Å². The van der Waals surface area contributed by atoms with Gasteiger partial charge in [-0.25, -0.2) is 0 Å². The van der Waals surface area contributed by atoms with Crippen LogP contribution in [0.1, 0.15) is 304 Å². The molecule has 0 N–H and O–H groups in total. The van der Waals surface area contributed by atoms with Crippen molar-refractivity contribution in [2.75, 3.05) is 29.4 Å². The van der Waals surface area contributed by atoms with Gasteiger partial charge in [0.1, 0.15) is 0 Å². The summed E-state index contributed by atoms with van der Waals surface area (Å²) >= 11 is 65.6. The number of unbranched alkanes of at least 4 members (excludes halogenated alkanes) is 12. The maximum Gasteiger partial charge on any atom is 0.0476 e. The first-order valence-electron chi connectivity index (χ1n) is 53.1. The molecule has 0 unspecified atom stereocenters. The van der Waals surface area contributed by atoms with Gasteiger partial charge in [-0.15, -0.1) is 0 Å². The smallest absolute Gasteiger partial charge is 0.0476 e. The van der Waals surface area contributed by atoms with Gasteiger partial charge < -0.3 is 178 Å². The molecule has 0 aliphatic heterocycles. The van der Waals surface area contributed by atoms with Crippen LogP contribution in [-0.2, 0) is 174 Å². The van der Waals surface area contributed by atoms with E-state index in [-0.39, 0.29) is 21.1 Å². The Hall–Kier alpha value is -8.01. The Morgan fingerprint density at radius 2 is 0.214 bits per heavy atom. The number of thiocarbonyl (C=S) groups is 6. The summed E-state index contributed by atoms with van der Waals surface area (Å²) in [4.78, 5) is 12.5. The summed E-state index contributed by atoms with van der Waals surface area (Å²) in [5, 5.41) is 0. The van der Waals surface area contributed by atoms with Crippen LogP contribution < -0.4 is 29.4 Å². The SMILES string of the molecule is CCCCc1ccccc1N(C(=S)[S-])c1ccccc1CCCC.CCCCc1ccccc1N(C(=S)[S-])c1ccccc1CCCC.CCCCc1ccccc1N(C(=S)[S-])c1ccccc1CCCC.CCCCc1ccccc1N(C(=S)[S-])c1ccccc1CCCC.CCCCc1ccccc1N(C(=S)[S-])c1ccccc1CCCC.CCCCc1ccccc1N(C(=S)[S-])c1ccccc1CCCC.[Mo]. The van der Waals surface area contributed by atoms with Crippen LogP contribution in [0, 0.1) is 0 Å². The summed E-state index contributed by atoms with van der Waals surface area (Å²) in [5.74, 6) is 0. The summed E-state index contributed by atoms with van der Waals surface area (Å²) < 4.78 is 2.93. The molecule has 0 saturated heterocycles. The Labute approximate surface area is 956 Å². The van der Waals surface area contributed by atoms with Crippen LogP contribution in [0.15, 0.2) is 291 Å². The van der Waals surface area contributed by atoms with Crippen LogP contribution in [0.25, 0.3) is 0 Å². The summed E-state index contributed by atoms with van der Waals surface area (Å²) in [5.41, 5.74) is 29.4. The summed E-state index contributed by atoms with van der Waals surface area (Å²) in [7, 11) is 0. The van der Waals surface area contributed by atoms with E-state index < -0.39 is 0 Å². The van der Waals surface area contributed by atoms with Gasteiger partial charge in [-0.05, 0) is 294 Å². The molecule has 0 atom stereocenters. The van der Waals surface area contributed by atoms with Crippen LogP contribution in [0.2, 0.25) is 0 Å². The van der Waals surface area contributed by atoms with Crippen molar-refractivity contribution in [2.24, 2.45) is 0 Å². The molecule has 0 spiro atoms. The molecule has 0 fully saturated rings. The van der Waals surface area contributed by atoms with E-state index >= 15 is 0 Å². The van der Waals surface area contributed by atoms with Crippen LogP contribution in [0.5, 0.6) is 0 Å². The van der Waals surface area contributed by atoms with Crippen LogP contribution in [-0.4, -0.2) is 25.9 Å². The van der Waals surface area contributed by atoms with E-state index in [2.05, 4.69) is 404 Å². The largest absolute Gasteiger partial charge is 0.411 e. The zero-order valence-corrected chi connectivity index (χ0v) is 100.0. The Morgan fingerprint density at radius 1 is 0.145 bits per heavy atom. The Morgan fingerprint density at radius 3 is 0.276 bits per heavy atom. The molecule has 12 aromatic carbocycles. The number of aryl methyl sites for hydroxylation is 12. The van der Waals surface area contributed by atoms with Gasteiger partial charge >= 0.3 is 0 Å². The zero-order valence-electron chi connectivity index (χ0n) is 88.2. The fourth-order valence-electron chi connectivity index (χ4n) is 17.7. The third-order valence-corrected chi connectivity index (χ3v) is 27.7. The molecule has 6 nitrogen and oxygen atoms in total. The summed E-state index contributed by atoms with van der Waals surface area (Å²) in [6.45, 7) is 26.6. The maximum atomic E-state index is 5.47. The summed E-state index contributed by atoms with van der Waals surface area (Å²) in [6.07, 6.45) is 40.9. The normalized spacial score (nSPS) is 10.5. The molecule has 774 valence electrons. The first-order valence-corrected chi connectivity index (χ1v) is 58.0. The second-order valence-electron chi connectivity index (χ2n) is 36.4. The van der Waals surface area contributed by atoms with E-state index in [4.69, 9.17) is 149 Å². The minimum absolute atomic E-state index is 0. The second kappa shape index (κ2) is 73.2. The Balaban J connectivity index is 0.000000266. The van der Waals surface area contributed by atoms with Gasteiger partial charge in [0, 0.05) is 89.3 Å². The van der Waals surface area contributed by atoms with Crippen molar-refractivity contribution >= 4 is 243 Å². The van der Waals surface area contributed by atoms with Crippen molar-refractivity contribution in [2.45, 2.75) is 314 Å². The quantitative estimate of drug-likeness (QED) is 0.0205. The number of anilines is 12. The van der Waals surface area contributed by atoms with Gasteiger partial charge in [-0.2, -0.15) is 0 Å². The monoisotopic (exact) mass is 2230 g/mol. The minimum Gasteiger partial charge on any atom is -0.411 e. The standard InChI is InChI=1S/6C21H27NS2.Mo/c6*1-3-5-11-17-13-7-9-15-19(17)22(21(23)24)20-16-10-8-14-18(20)12-6-4-2;/h6*7-10,13-16H,3-6,11-12H2,1-2H3,(H,23,24);/p-6. The molecule has 12 rings (SSSR count). The summed E-state index contributed by atoms with van der Waals surface area (Å²) in [6, 6.07) is 102. The number of hydrogen-bond donors (Lipinski definition) is 0. The van der Waals surface area contributed by atoms with E-state index in [9.17, 15) is 0 Å². The van der Waals surface area contributed by atoms with Crippen molar-refractivity contribution in [3.8, 4) is 0 Å². The van der Waals surface area contributed by atoms with Crippen molar-refractivity contribution in [3.63, 3.8) is 0 Å². The van der Waals surface area contributed by atoms with Crippen molar-refractivity contribution in [1.29, 1.82) is 0 Å². The average molecular weight is 2240 g/mol. The molecule has 145 heavy (non-hydrogen) atoms. The van der Waals surface area contributed by atoms with E-state index in [1.54, 1.807) is 0 Å². The number of nitrogens with zero attached hydrogens (tertiary/aromatic N) is 6. The number of para-hydroxylation sites is 12. The fourth-order valence-corrected chi connectivity index (χ4v) is 20.0. The van der Waals surface area contributed by atoms with Crippen LogP contribution >= 0.6 is 73.3 Å². The zero-order chi connectivity index (χ0) is 104. The molecule has 0 amide bonds. The molecule has 19 heteroatoms. The Bertz CT molecular complexity index is 4610. The van der Waals surface area contributed by atoms with Gasteiger partial charge in [-0.3, -0.25) is 0 Å². The third kappa shape index (κ3) is 41.0. The fraction of sp³-hybridized carbons (Fsp3) is 0.381. The molecule has 0 saturated carbocycles. The third-order valence-electron chi connectivity index (χ3n) is 25.5. The van der Waals surface area contributed by atoms with Crippen molar-refractivity contribution in [1.82, 2.24) is 0 Å². The number of benzene rings is 12. The van der Waals surface area contributed by atoms with Crippen LogP contribution in [0.3, 0.4) is 0 Å². The van der Waals surface area contributed by atoms with Crippen LogP contribution in [0.4, 0.5) is 68.2 Å². The molecule has 0 bridgehead atoms. The van der Waals surface area contributed by atoms with Gasteiger partial charge in [0.15, 0.2) is 0 Å². The maximum absolute atomic E-state index is 5.47. The number of hydrogen-bond acceptors (Lipinski definition) is 12. The predicted octanol–water partition coefficient (Wildman–Crippen LogP) is 38.0. The molecule has 0 aromatic heterocycles. The molecular formula is C126H156MoN6S12-6. The van der Waals surface area contributed by atoms with E-state index in [0.29, 0.717) is 25.9 Å². The van der Waals surface area contributed by atoms with E-state index in [1.807, 2.05) is 0 Å². The molecular weight excluding hydrogens is 2080 g/mol. The predicted molar refractivity (Wildman–Crippen MR) is 673 cm³/mol. The first-order chi connectivity index (χ1) is 70.1. The second-order valence-corrected chi connectivity index (χ2v) is 42.6. The minimum atomic E-state index is 0. The average Bonchev–Trinajstić information content (AvgIpc) is 0.825. The van der Waals surface area contributed by atoms with Gasteiger partial charge in [0.2, 0.25) is 0 Å². The van der Waals surface area contributed by atoms with E-state index in [1.165, 1.54) is 221 Å². The van der Waals surface area contributed by atoms with Crippen molar-refractivity contribution in [3.05, 3.63) is 358 Å². The molecule has 12 aromatic rings. The molecule has 0 aliphatic carbocycles. The van der Waals surface area contributed by atoms with Crippen molar-refractivity contribution < 1.29 is 21.1 Å². The van der Waals surface area contributed by atoms with E-state index in [0.717, 1.165) is 145 Å². The van der Waals surface area contributed by atoms with Gasteiger partial charge in [-0.1, -0.05) is 404 Å². The molecule has 0 radical (unpaired) electrons. The molecule has 0 heterocycles.